The minimum Gasteiger partial charge on any atom is -0.448 e. The Kier molecular flexibility index (Phi) is 2.45. The molecule has 0 amide bonds. The van der Waals surface area contributed by atoms with Crippen LogP contribution in [0.5, 0.6) is 5.75 Å². The molecule has 1 aromatic carbocycles. The van der Waals surface area contributed by atoms with Crippen LogP contribution in [0.15, 0.2) is 30.3 Å². The van der Waals surface area contributed by atoms with Crippen LogP contribution in [0.25, 0.3) is 0 Å². The van der Waals surface area contributed by atoms with E-state index in [1.165, 1.54) is 6.07 Å². The molecule has 0 heterocycles. The minimum absolute atomic E-state index is 0.363. The lowest BCUT2D eigenvalue weighted by molar-refractivity contribution is 0.121. The molecule has 0 aromatic heterocycles. The second-order valence-corrected chi connectivity index (χ2v) is 1.88. The molecule has 0 radical (unpaired) electrons. The summed E-state index contributed by atoms with van der Waals surface area (Å²) in [6.45, 7) is 0. The Labute approximate surface area is 63.8 Å². The van der Waals surface area contributed by atoms with E-state index in [-0.39, 0.29) is 0 Å². The van der Waals surface area contributed by atoms with Gasteiger partial charge in [-0.25, -0.2) is 0 Å². The lowest BCUT2D eigenvalue weighted by atomic mass is 10.3. The van der Waals surface area contributed by atoms with Crippen molar-refractivity contribution >= 4 is 0 Å². The fourth-order valence-corrected chi connectivity index (χ4v) is 0.645. The molecule has 3 heteroatoms. The van der Waals surface area contributed by atoms with Crippen LogP contribution >= 0.6 is 0 Å². The summed E-state index contributed by atoms with van der Waals surface area (Å²) < 4.78 is 16.8. The van der Waals surface area contributed by atoms with Gasteiger partial charge in [0, 0.05) is 0 Å². The van der Waals surface area contributed by atoms with E-state index in [1.807, 2.05) is 0 Å². The Morgan fingerprint density at radius 3 is 2.55 bits per heavy atom. The van der Waals surface area contributed by atoms with E-state index in [9.17, 15) is 4.39 Å². The maximum Gasteiger partial charge on any atom is 0.326 e. The quantitative estimate of drug-likeness (QED) is 0.646. The maximum absolute atomic E-state index is 12.2. The summed E-state index contributed by atoms with van der Waals surface area (Å²) in [5, 5.41) is 8.05. The third-order valence-corrected chi connectivity index (χ3v) is 1.08. The van der Waals surface area contributed by atoms with E-state index in [4.69, 9.17) is 5.26 Å². The number of ether oxygens (including phenoxy) is 1. The summed E-state index contributed by atoms with van der Waals surface area (Å²) in [6, 6.07) is 9.70. The molecule has 0 aliphatic heterocycles. The molecule has 0 N–H and O–H groups in total. The lowest BCUT2D eigenvalue weighted by Gasteiger charge is -2.02. The van der Waals surface area contributed by atoms with Crippen molar-refractivity contribution in [2.45, 2.75) is 6.36 Å². The third-order valence-electron chi connectivity index (χ3n) is 1.08. The van der Waals surface area contributed by atoms with Gasteiger partial charge in [0.25, 0.3) is 0 Å². The van der Waals surface area contributed by atoms with Crippen LogP contribution in [0.3, 0.4) is 0 Å². The number of para-hydroxylation sites is 1. The van der Waals surface area contributed by atoms with Gasteiger partial charge in [-0.05, 0) is 12.1 Å². The Morgan fingerprint density at radius 1 is 1.36 bits per heavy atom. The molecule has 1 rings (SSSR count). The van der Waals surface area contributed by atoms with Gasteiger partial charge >= 0.3 is 6.36 Å². The van der Waals surface area contributed by atoms with Crippen LogP contribution in [0.4, 0.5) is 4.39 Å². The van der Waals surface area contributed by atoms with Gasteiger partial charge in [0.1, 0.15) is 11.8 Å². The number of nitriles is 1. The topological polar surface area (TPSA) is 33.0 Å². The SMILES string of the molecule is N#CC(F)Oc1ccccc1. The van der Waals surface area contributed by atoms with Crippen LogP contribution in [-0.2, 0) is 0 Å². The molecule has 1 unspecified atom stereocenters. The maximum atomic E-state index is 12.2. The molecule has 1 atom stereocenters. The standard InChI is InChI=1S/C8H6FNO/c9-8(6-10)11-7-4-2-1-3-5-7/h1-5,8H. The zero-order chi connectivity index (χ0) is 8.10. The molecular formula is C8H6FNO. The first-order valence-corrected chi connectivity index (χ1v) is 3.08. The first kappa shape index (κ1) is 7.55. The van der Waals surface area contributed by atoms with E-state index < -0.39 is 6.36 Å². The van der Waals surface area contributed by atoms with Crippen molar-refractivity contribution in [3.8, 4) is 11.8 Å². The van der Waals surface area contributed by atoms with Gasteiger partial charge in [0.2, 0.25) is 0 Å². The average Bonchev–Trinajstić information content (AvgIpc) is 2.06. The molecule has 1 aromatic rings. The number of nitrogens with zero attached hydrogens (tertiary/aromatic N) is 1. The van der Waals surface area contributed by atoms with E-state index >= 15 is 0 Å². The van der Waals surface area contributed by atoms with Gasteiger partial charge in [-0.15, -0.1) is 0 Å². The lowest BCUT2D eigenvalue weighted by Crippen LogP contribution is -2.05. The number of hydrogen-bond donors (Lipinski definition) is 0. The highest BCUT2D eigenvalue weighted by Crippen LogP contribution is 2.10. The van der Waals surface area contributed by atoms with Crippen LogP contribution < -0.4 is 4.74 Å². The molecule has 0 aliphatic carbocycles. The van der Waals surface area contributed by atoms with Crippen molar-refractivity contribution in [2.24, 2.45) is 0 Å². The van der Waals surface area contributed by atoms with Gasteiger partial charge in [-0.2, -0.15) is 9.65 Å². The zero-order valence-corrected chi connectivity index (χ0v) is 5.70. The highest BCUT2D eigenvalue weighted by Gasteiger charge is 2.02. The Bertz CT molecular complexity index is 255. The summed E-state index contributed by atoms with van der Waals surface area (Å²) in [5.74, 6) is 0.363. The van der Waals surface area contributed by atoms with Crippen molar-refractivity contribution in [2.75, 3.05) is 0 Å². The van der Waals surface area contributed by atoms with Gasteiger partial charge in [-0.3, -0.25) is 0 Å². The van der Waals surface area contributed by atoms with Crippen molar-refractivity contribution in [3.63, 3.8) is 0 Å². The normalized spacial score (nSPS) is 11.6. The fourth-order valence-electron chi connectivity index (χ4n) is 0.645. The zero-order valence-electron chi connectivity index (χ0n) is 5.70. The van der Waals surface area contributed by atoms with E-state index in [0.29, 0.717) is 5.75 Å². The largest absolute Gasteiger partial charge is 0.448 e. The highest BCUT2D eigenvalue weighted by molar-refractivity contribution is 5.21. The van der Waals surface area contributed by atoms with Crippen LogP contribution in [0, 0.1) is 11.3 Å². The smallest absolute Gasteiger partial charge is 0.326 e. The summed E-state index contributed by atoms with van der Waals surface area (Å²) in [5.41, 5.74) is 0. The van der Waals surface area contributed by atoms with Crippen LogP contribution in [0.2, 0.25) is 0 Å². The predicted octanol–water partition coefficient (Wildman–Crippen LogP) is 1.88. The average molecular weight is 151 g/mol. The summed E-state index contributed by atoms with van der Waals surface area (Å²) in [4.78, 5) is 0. The van der Waals surface area contributed by atoms with E-state index in [1.54, 1.807) is 30.3 Å². The third kappa shape index (κ3) is 2.26. The number of halogens is 1. The van der Waals surface area contributed by atoms with E-state index in [0.717, 1.165) is 0 Å². The second kappa shape index (κ2) is 3.57. The molecule has 0 spiro atoms. The molecule has 56 valence electrons. The van der Waals surface area contributed by atoms with Crippen LogP contribution in [-0.4, -0.2) is 6.36 Å². The summed E-state index contributed by atoms with van der Waals surface area (Å²) in [7, 11) is 0. The van der Waals surface area contributed by atoms with Gasteiger partial charge in [0.05, 0.1) is 0 Å². The molecule has 0 fully saturated rings. The molecule has 11 heavy (non-hydrogen) atoms. The van der Waals surface area contributed by atoms with Crippen molar-refractivity contribution < 1.29 is 9.13 Å². The Balaban J connectivity index is 2.60. The number of rotatable bonds is 2. The van der Waals surface area contributed by atoms with Crippen LogP contribution in [0.1, 0.15) is 0 Å². The van der Waals surface area contributed by atoms with Crippen molar-refractivity contribution in [1.82, 2.24) is 0 Å². The molecule has 2 nitrogen and oxygen atoms in total. The molecule has 0 saturated carbocycles. The van der Waals surface area contributed by atoms with Gasteiger partial charge in [0.15, 0.2) is 0 Å². The molecular weight excluding hydrogens is 145 g/mol. The molecule has 0 bridgehead atoms. The van der Waals surface area contributed by atoms with Gasteiger partial charge < -0.3 is 4.74 Å². The number of hydrogen-bond acceptors (Lipinski definition) is 2. The summed E-state index contributed by atoms with van der Waals surface area (Å²) >= 11 is 0. The van der Waals surface area contributed by atoms with Crippen molar-refractivity contribution in [1.29, 1.82) is 5.26 Å². The van der Waals surface area contributed by atoms with E-state index in [2.05, 4.69) is 4.74 Å². The first-order valence-electron chi connectivity index (χ1n) is 3.08. The molecule has 0 saturated heterocycles. The monoisotopic (exact) mass is 151 g/mol. The summed E-state index contributed by atoms with van der Waals surface area (Å²) in [6.07, 6.45) is -1.88. The number of benzene rings is 1. The number of alkyl halides is 1. The molecule has 0 aliphatic rings. The second-order valence-electron chi connectivity index (χ2n) is 1.88. The Morgan fingerprint density at radius 2 is 2.00 bits per heavy atom. The fraction of sp³-hybridized carbons (Fsp3) is 0.125. The predicted molar refractivity (Wildman–Crippen MR) is 37.6 cm³/mol. The van der Waals surface area contributed by atoms with Gasteiger partial charge in [-0.1, -0.05) is 18.2 Å². The highest BCUT2D eigenvalue weighted by atomic mass is 19.1. The van der Waals surface area contributed by atoms with Crippen molar-refractivity contribution in [3.05, 3.63) is 30.3 Å². The minimum atomic E-state index is -1.88. The first-order chi connectivity index (χ1) is 5.33. The Hall–Kier alpha value is -1.56.